The van der Waals surface area contributed by atoms with Gasteiger partial charge in [-0.3, -0.25) is 9.59 Å². The Morgan fingerprint density at radius 3 is 2.42 bits per heavy atom. The second-order valence-electron chi connectivity index (χ2n) is 5.28. The molecule has 19 heavy (non-hydrogen) atoms. The maximum atomic E-state index is 12.2. The van der Waals surface area contributed by atoms with Crippen molar-refractivity contribution in [1.82, 2.24) is 10.4 Å². The summed E-state index contributed by atoms with van der Waals surface area (Å²) in [4.78, 5) is 40.6. The monoisotopic (exact) mass is 264 g/mol. The van der Waals surface area contributed by atoms with E-state index in [1.54, 1.807) is 0 Å². The molecule has 0 aromatic heterocycles. The number of hydrogen-bond donors (Lipinski definition) is 1. The molecule has 0 unspecified atom stereocenters. The van der Waals surface area contributed by atoms with Crippen molar-refractivity contribution in [2.24, 2.45) is 23.7 Å². The number of carbonyl (C=O) groups excluding carboxylic acids is 3. The molecule has 2 bridgehead atoms. The Hall–Kier alpha value is -1.85. The molecule has 0 spiro atoms. The largest absolute Gasteiger partial charge is 0.432 e. The lowest BCUT2D eigenvalue weighted by Crippen LogP contribution is -2.39. The Morgan fingerprint density at radius 2 is 1.89 bits per heavy atom. The van der Waals surface area contributed by atoms with Crippen molar-refractivity contribution < 1.29 is 19.2 Å². The number of carbonyl (C=O) groups is 3. The fourth-order valence-electron chi connectivity index (χ4n) is 3.31. The zero-order valence-corrected chi connectivity index (χ0v) is 10.7. The fraction of sp³-hybridized carbons (Fsp3) is 0.615. The first-order valence-electron chi connectivity index (χ1n) is 6.65. The van der Waals surface area contributed by atoms with E-state index in [4.69, 9.17) is 4.84 Å². The van der Waals surface area contributed by atoms with Crippen molar-refractivity contribution in [3.8, 4) is 0 Å². The second kappa shape index (κ2) is 4.36. The molecular formula is C13H16N2O4. The first kappa shape index (κ1) is 12.2. The van der Waals surface area contributed by atoms with Crippen molar-refractivity contribution in [3.63, 3.8) is 0 Å². The van der Waals surface area contributed by atoms with Gasteiger partial charge in [-0.05, 0) is 24.7 Å². The number of hydrogen-bond acceptors (Lipinski definition) is 4. The molecule has 6 heteroatoms. The van der Waals surface area contributed by atoms with Gasteiger partial charge in [0, 0.05) is 6.54 Å². The number of nitrogens with zero attached hydrogens (tertiary/aromatic N) is 1. The van der Waals surface area contributed by atoms with E-state index in [-0.39, 0.29) is 35.5 Å². The van der Waals surface area contributed by atoms with Gasteiger partial charge in [-0.2, -0.15) is 0 Å². The normalized spacial score (nSPS) is 34.9. The van der Waals surface area contributed by atoms with Crippen LogP contribution in [0.2, 0.25) is 0 Å². The van der Waals surface area contributed by atoms with Crippen molar-refractivity contribution >= 4 is 17.9 Å². The molecule has 0 radical (unpaired) electrons. The molecule has 3 amide bonds. The Kier molecular flexibility index (Phi) is 2.80. The molecule has 0 aromatic carbocycles. The number of rotatable bonds is 3. The van der Waals surface area contributed by atoms with Gasteiger partial charge in [-0.15, -0.1) is 5.06 Å². The lowest BCUT2D eigenvalue weighted by molar-refractivity contribution is -0.174. The summed E-state index contributed by atoms with van der Waals surface area (Å²) in [6, 6.07) is 0. The summed E-state index contributed by atoms with van der Waals surface area (Å²) < 4.78 is 0. The van der Waals surface area contributed by atoms with E-state index < -0.39 is 6.09 Å². The summed E-state index contributed by atoms with van der Waals surface area (Å²) >= 11 is 0. The van der Waals surface area contributed by atoms with Crippen LogP contribution in [0.15, 0.2) is 12.2 Å². The standard InChI is InChI=1S/C13H16N2O4/c1-2-5-14-13(18)19-15-11(16)9-7-3-4-8(6-7)10(9)12(15)17/h3-4,7-10H,2,5-6H2,1H3,(H,14,18)/t7-,8-,9-,10+/m0/s1. The molecule has 102 valence electrons. The van der Waals surface area contributed by atoms with Gasteiger partial charge >= 0.3 is 6.09 Å². The van der Waals surface area contributed by atoms with Gasteiger partial charge in [0.25, 0.3) is 11.8 Å². The van der Waals surface area contributed by atoms with Crippen LogP contribution in [0.5, 0.6) is 0 Å². The topological polar surface area (TPSA) is 75.7 Å². The molecule has 6 nitrogen and oxygen atoms in total. The minimum Gasteiger partial charge on any atom is -0.320 e. The molecule has 2 fully saturated rings. The van der Waals surface area contributed by atoms with Crippen LogP contribution >= 0.6 is 0 Å². The van der Waals surface area contributed by atoms with Gasteiger partial charge < -0.3 is 10.2 Å². The fourth-order valence-corrected chi connectivity index (χ4v) is 3.31. The third-order valence-electron chi connectivity index (χ3n) is 4.12. The predicted octanol–water partition coefficient (Wildman–Crippen LogP) is 0.845. The molecule has 1 N–H and O–H groups in total. The van der Waals surface area contributed by atoms with Crippen LogP contribution < -0.4 is 5.32 Å². The smallest absolute Gasteiger partial charge is 0.320 e. The highest BCUT2D eigenvalue weighted by Gasteiger charge is 2.60. The molecule has 3 rings (SSSR count). The summed E-state index contributed by atoms with van der Waals surface area (Å²) in [5.41, 5.74) is 0. The average Bonchev–Trinajstić information content (AvgIpc) is 3.06. The summed E-state index contributed by atoms with van der Waals surface area (Å²) in [5.74, 6) is -1.17. The minimum atomic E-state index is -0.746. The summed E-state index contributed by atoms with van der Waals surface area (Å²) in [6.07, 6.45) is 4.87. The van der Waals surface area contributed by atoms with Crippen LogP contribution in [-0.4, -0.2) is 29.5 Å². The maximum Gasteiger partial charge on any atom is 0.432 e. The molecule has 3 aliphatic rings. The molecular weight excluding hydrogens is 248 g/mol. The molecule has 1 saturated heterocycles. The lowest BCUT2D eigenvalue weighted by atomic mass is 9.85. The molecule has 2 aliphatic carbocycles. The Bertz CT molecular complexity index is 443. The number of hydroxylamine groups is 2. The minimum absolute atomic E-state index is 0.124. The van der Waals surface area contributed by atoms with E-state index in [1.807, 2.05) is 19.1 Å². The molecule has 1 aliphatic heterocycles. The third-order valence-corrected chi connectivity index (χ3v) is 4.12. The van der Waals surface area contributed by atoms with Crippen LogP contribution in [0.1, 0.15) is 19.8 Å². The van der Waals surface area contributed by atoms with Gasteiger partial charge in [-0.25, -0.2) is 4.79 Å². The summed E-state index contributed by atoms with van der Waals surface area (Å²) in [5, 5.41) is 3.14. The molecule has 0 aromatic rings. The third kappa shape index (κ3) is 1.74. The highest BCUT2D eigenvalue weighted by Crippen LogP contribution is 2.52. The van der Waals surface area contributed by atoms with E-state index in [0.717, 1.165) is 12.8 Å². The first-order chi connectivity index (χ1) is 9.13. The maximum absolute atomic E-state index is 12.2. The van der Waals surface area contributed by atoms with Gasteiger partial charge in [0.05, 0.1) is 11.8 Å². The Balaban J connectivity index is 1.70. The van der Waals surface area contributed by atoms with Gasteiger partial charge in [-0.1, -0.05) is 19.1 Å². The highest BCUT2D eigenvalue weighted by atomic mass is 16.7. The van der Waals surface area contributed by atoms with Gasteiger partial charge in [0.2, 0.25) is 0 Å². The molecule has 1 heterocycles. The van der Waals surface area contributed by atoms with Crippen LogP contribution in [0.3, 0.4) is 0 Å². The number of nitrogens with one attached hydrogen (secondary N) is 1. The van der Waals surface area contributed by atoms with E-state index in [2.05, 4.69) is 5.32 Å². The summed E-state index contributed by atoms with van der Waals surface area (Å²) in [6.45, 7) is 2.36. The number of imide groups is 1. The second-order valence-corrected chi connectivity index (χ2v) is 5.28. The van der Waals surface area contributed by atoms with Crippen LogP contribution in [0.4, 0.5) is 4.79 Å². The van der Waals surface area contributed by atoms with E-state index in [9.17, 15) is 14.4 Å². The van der Waals surface area contributed by atoms with Crippen molar-refractivity contribution in [2.45, 2.75) is 19.8 Å². The Morgan fingerprint density at radius 1 is 1.32 bits per heavy atom. The average molecular weight is 264 g/mol. The van der Waals surface area contributed by atoms with Crippen molar-refractivity contribution in [3.05, 3.63) is 12.2 Å². The van der Waals surface area contributed by atoms with E-state index in [0.29, 0.717) is 11.6 Å². The van der Waals surface area contributed by atoms with Crippen molar-refractivity contribution in [2.75, 3.05) is 6.54 Å². The van der Waals surface area contributed by atoms with E-state index >= 15 is 0 Å². The number of amides is 3. The van der Waals surface area contributed by atoms with Gasteiger partial charge in [0.15, 0.2) is 0 Å². The van der Waals surface area contributed by atoms with Crippen LogP contribution in [0, 0.1) is 23.7 Å². The SMILES string of the molecule is CCCNC(=O)ON1C(=O)[C@@H]2[C@H](C1=O)[C@H]1C=C[C@H]2C1. The summed E-state index contributed by atoms with van der Waals surface area (Å²) in [7, 11) is 0. The lowest BCUT2D eigenvalue weighted by Gasteiger charge is -2.15. The number of fused-ring (bicyclic) bond motifs is 5. The zero-order valence-electron chi connectivity index (χ0n) is 10.7. The highest BCUT2D eigenvalue weighted by molar-refractivity contribution is 6.06. The molecule has 1 saturated carbocycles. The van der Waals surface area contributed by atoms with Crippen molar-refractivity contribution in [1.29, 1.82) is 0 Å². The molecule has 4 atom stereocenters. The first-order valence-corrected chi connectivity index (χ1v) is 6.65. The van der Waals surface area contributed by atoms with Crippen LogP contribution in [0.25, 0.3) is 0 Å². The quantitative estimate of drug-likeness (QED) is 0.605. The van der Waals surface area contributed by atoms with Crippen LogP contribution in [-0.2, 0) is 14.4 Å². The number of allylic oxidation sites excluding steroid dienone is 2. The Labute approximate surface area is 110 Å². The zero-order chi connectivity index (χ0) is 13.6. The predicted molar refractivity (Wildman–Crippen MR) is 64.3 cm³/mol. The van der Waals surface area contributed by atoms with Gasteiger partial charge in [0.1, 0.15) is 0 Å². The van der Waals surface area contributed by atoms with E-state index in [1.165, 1.54) is 0 Å².